The Kier molecular flexibility index (Phi) is 3.64. The molecule has 1 rings (SSSR count). The van der Waals surface area contributed by atoms with Gasteiger partial charge in [-0.1, -0.05) is 11.6 Å². The third kappa shape index (κ3) is 3.12. The van der Waals surface area contributed by atoms with E-state index in [1.54, 1.807) is 0 Å². The van der Waals surface area contributed by atoms with Crippen molar-refractivity contribution in [1.29, 1.82) is 0 Å². The molecular formula is C7H7Cl2FN2O2S. The third-order valence-electron chi connectivity index (χ3n) is 1.50. The number of sulfonamides is 1. The first-order valence-corrected chi connectivity index (χ1v) is 6.23. The number of nitrogen functional groups attached to an aromatic ring is 1. The van der Waals surface area contributed by atoms with Crippen LogP contribution in [0, 0.1) is 5.82 Å². The summed E-state index contributed by atoms with van der Waals surface area (Å²) in [4.78, 5) is 0. The fraction of sp³-hybridized carbons (Fsp3) is 0.143. The Morgan fingerprint density at radius 3 is 2.60 bits per heavy atom. The Labute approximate surface area is 96.2 Å². The van der Waals surface area contributed by atoms with Crippen LogP contribution in [-0.4, -0.2) is 13.6 Å². The molecule has 4 nitrogen and oxygen atoms in total. The van der Waals surface area contributed by atoms with Crippen molar-refractivity contribution in [1.82, 2.24) is 0 Å². The van der Waals surface area contributed by atoms with Gasteiger partial charge in [0.25, 0.3) is 0 Å². The van der Waals surface area contributed by atoms with Crippen molar-refractivity contribution in [2.24, 2.45) is 0 Å². The summed E-state index contributed by atoms with van der Waals surface area (Å²) in [6.07, 6.45) is 0. The van der Waals surface area contributed by atoms with Crippen molar-refractivity contribution in [3.05, 3.63) is 23.0 Å². The molecule has 0 aliphatic rings. The molecule has 1 aromatic carbocycles. The fourth-order valence-corrected chi connectivity index (χ4v) is 1.81. The first-order valence-electron chi connectivity index (χ1n) is 3.66. The molecule has 84 valence electrons. The number of alkyl halides is 1. The SMILES string of the molecule is Nc1cc(NS(=O)(=O)CCl)c(Cl)cc1F. The zero-order valence-electron chi connectivity index (χ0n) is 7.30. The lowest BCUT2D eigenvalue weighted by atomic mass is 10.3. The maximum Gasteiger partial charge on any atom is 0.246 e. The van der Waals surface area contributed by atoms with Gasteiger partial charge >= 0.3 is 0 Å². The zero-order chi connectivity index (χ0) is 11.6. The molecule has 0 aliphatic heterocycles. The molecule has 0 fully saturated rings. The quantitative estimate of drug-likeness (QED) is 0.653. The summed E-state index contributed by atoms with van der Waals surface area (Å²) in [5, 5.41) is -0.712. The Bertz CT molecular complexity index is 478. The van der Waals surface area contributed by atoms with Gasteiger partial charge in [0.05, 0.1) is 16.4 Å². The highest BCUT2D eigenvalue weighted by Crippen LogP contribution is 2.27. The minimum atomic E-state index is -3.67. The van der Waals surface area contributed by atoms with Gasteiger partial charge in [0.15, 0.2) is 0 Å². The van der Waals surface area contributed by atoms with Crippen LogP contribution < -0.4 is 10.5 Å². The van der Waals surface area contributed by atoms with Gasteiger partial charge in [-0.25, -0.2) is 12.8 Å². The van der Waals surface area contributed by atoms with Gasteiger partial charge < -0.3 is 5.73 Å². The Balaban J connectivity index is 3.12. The molecule has 0 radical (unpaired) electrons. The molecule has 0 saturated carbocycles. The van der Waals surface area contributed by atoms with Crippen molar-refractivity contribution in [2.75, 3.05) is 15.7 Å². The van der Waals surface area contributed by atoms with E-state index < -0.39 is 21.1 Å². The van der Waals surface area contributed by atoms with Crippen molar-refractivity contribution in [3.8, 4) is 0 Å². The molecule has 15 heavy (non-hydrogen) atoms. The topological polar surface area (TPSA) is 72.2 Å². The minimum absolute atomic E-state index is 0.00350. The zero-order valence-corrected chi connectivity index (χ0v) is 9.63. The van der Waals surface area contributed by atoms with Gasteiger partial charge in [-0.05, 0) is 12.1 Å². The van der Waals surface area contributed by atoms with E-state index in [1.807, 2.05) is 0 Å². The highest BCUT2D eigenvalue weighted by atomic mass is 35.5. The number of hydrogen-bond donors (Lipinski definition) is 2. The summed E-state index contributed by atoms with van der Waals surface area (Å²) >= 11 is 10.8. The standard InChI is InChI=1S/C7H7Cl2FN2O2S/c8-3-15(13,14)12-7-2-6(11)5(10)1-4(7)9/h1-2,12H,3,11H2. The van der Waals surface area contributed by atoms with Crippen LogP contribution in [0.2, 0.25) is 5.02 Å². The number of nitrogens with one attached hydrogen (secondary N) is 1. The largest absolute Gasteiger partial charge is 0.396 e. The Hall–Kier alpha value is -0.720. The third-order valence-corrected chi connectivity index (χ3v) is 3.49. The van der Waals surface area contributed by atoms with Crippen LogP contribution in [-0.2, 0) is 10.0 Å². The molecule has 0 spiro atoms. The summed E-state index contributed by atoms with van der Waals surface area (Å²) in [6, 6.07) is 2.00. The molecule has 0 atom stereocenters. The Morgan fingerprint density at radius 1 is 1.47 bits per heavy atom. The van der Waals surface area contributed by atoms with Crippen LogP contribution in [0.15, 0.2) is 12.1 Å². The fourth-order valence-electron chi connectivity index (χ4n) is 0.839. The molecule has 0 amide bonds. The van der Waals surface area contributed by atoms with Crippen LogP contribution in [0.5, 0.6) is 0 Å². The van der Waals surface area contributed by atoms with Gasteiger partial charge in [0.1, 0.15) is 11.0 Å². The van der Waals surface area contributed by atoms with Crippen LogP contribution in [0.1, 0.15) is 0 Å². The summed E-state index contributed by atoms with van der Waals surface area (Å²) in [5.74, 6) is -0.714. The molecular weight excluding hydrogens is 266 g/mol. The molecule has 0 aromatic heterocycles. The highest BCUT2D eigenvalue weighted by molar-refractivity contribution is 7.93. The van der Waals surface area contributed by atoms with Gasteiger partial charge in [0, 0.05) is 0 Å². The number of halogens is 3. The smallest absolute Gasteiger partial charge is 0.246 e. The lowest BCUT2D eigenvalue weighted by Gasteiger charge is -2.08. The van der Waals surface area contributed by atoms with E-state index in [0.29, 0.717) is 0 Å². The highest BCUT2D eigenvalue weighted by Gasteiger charge is 2.12. The molecule has 0 unspecified atom stereocenters. The van der Waals surface area contributed by atoms with Gasteiger partial charge in [-0.2, -0.15) is 0 Å². The van der Waals surface area contributed by atoms with Crippen LogP contribution in [0.25, 0.3) is 0 Å². The van der Waals surface area contributed by atoms with Crippen molar-refractivity contribution in [3.63, 3.8) is 0 Å². The van der Waals surface area contributed by atoms with E-state index in [4.69, 9.17) is 28.9 Å². The second kappa shape index (κ2) is 4.42. The normalized spacial score (nSPS) is 11.4. The second-order valence-corrected chi connectivity index (χ2v) is 5.39. The number of hydrogen-bond acceptors (Lipinski definition) is 3. The van der Waals surface area contributed by atoms with Gasteiger partial charge in [-0.3, -0.25) is 4.72 Å². The summed E-state index contributed by atoms with van der Waals surface area (Å²) in [7, 11) is -3.67. The number of benzene rings is 1. The molecule has 3 N–H and O–H groups in total. The van der Waals surface area contributed by atoms with E-state index in [9.17, 15) is 12.8 Å². The van der Waals surface area contributed by atoms with Crippen molar-refractivity contribution < 1.29 is 12.8 Å². The predicted molar refractivity (Wildman–Crippen MR) is 59.1 cm³/mol. The van der Waals surface area contributed by atoms with E-state index in [-0.39, 0.29) is 16.4 Å². The summed E-state index contributed by atoms with van der Waals surface area (Å²) in [6.45, 7) is 0. The lowest BCUT2D eigenvalue weighted by molar-refractivity contribution is 0.605. The van der Waals surface area contributed by atoms with Crippen LogP contribution in [0.4, 0.5) is 15.8 Å². The van der Waals surface area contributed by atoms with E-state index in [1.165, 1.54) is 0 Å². The molecule has 0 aliphatic carbocycles. The van der Waals surface area contributed by atoms with E-state index in [2.05, 4.69) is 4.72 Å². The Morgan fingerprint density at radius 2 is 2.07 bits per heavy atom. The number of rotatable bonds is 3. The number of anilines is 2. The minimum Gasteiger partial charge on any atom is -0.396 e. The first kappa shape index (κ1) is 12.4. The summed E-state index contributed by atoms with van der Waals surface area (Å²) in [5.41, 5.74) is 5.04. The average molecular weight is 273 g/mol. The molecule has 1 aromatic rings. The molecule has 8 heteroatoms. The second-order valence-electron chi connectivity index (χ2n) is 2.68. The monoisotopic (exact) mass is 272 g/mol. The molecule has 0 heterocycles. The molecule has 0 saturated heterocycles. The average Bonchev–Trinajstić information content (AvgIpc) is 2.14. The van der Waals surface area contributed by atoms with Crippen LogP contribution >= 0.6 is 23.2 Å². The van der Waals surface area contributed by atoms with Gasteiger partial charge in [0.2, 0.25) is 10.0 Å². The lowest BCUT2D eigenvalue weighted by Crippen LogP contribution is -2.14. The molecule has 0 bridgehead atoms. The van der Waals surface area contributed by atoms with Crippen LogP contribution in [0.3, 0.4) is 0 Å². The van der Waals surface area contributed by atoms with Gasteiger partial charge in [-0.15, -0.1) is 11.6 Å². The van der Waals surface area contributed by atoms with E-state index >= 15 is 0 Å². The van der Waals surface area contributed by atoms with E-state index in [0.717, 1.165) is 12.1 Å². The number of nitrogens with two attached hydrogens (primary N) is 1. The summed E-state index contributed by atoms with van der Waals surface area (Å²) < 4.78 is 37.1. The maximum atomic E-state index is 12.9. The maximum absolute atomic E-state index is 12.9. The van der Waals surface area contributed by atoms with Crippen molar-refractivity contribution in [2.45, 2.75) is 0 Å². The first-order chi connectivity index (χ1) is 6.85. The van der Waals surface area contributed by atoms with Crippen molar-refractivity contribution >= 4 is 44.6 Å². The predicted octanol–water partition coefficient (Wildman–Crippen LogP) is 2.00.